The van der Waals surface area contributed by atoms with Gasteiger partial charge in [0.2, 0.25) is 5.91 Å². The molecule has 0 atom stereocenters. The molecule has 0 aromatic heterocycles. The van der Waals surface area contributed by atoms with E-state index < -0.39 is 0 Å². The summed E-state index contributed by atoms with van der Waals surface area (Å²) < 4.78 is 4.92. The molecule has 0 N–H and O–H groups in total. The third kappa shape index (κ3) is 6.43. The lowest BCUT2D eigenvalue weighted by molar-refractivity contribution is -0.144. The summed E-state index contributed by atoms with van der Waals surface area (Å²) >= 11 is 0. The number of nitrogens with zero attached hydrogens (tertiary/aromatic N) is 1. The van der Waals surface area contributed by atoms with Gasteiger partial charge in [0.05, 0.1) is 13.0 Å². The number of hydrogen-bond donors (Lipinski definition) is 0. The number of amides is 1. The number of carbonyl (C=O) groups is 2. The summed E-state index contributed by atoms with van der Waals surface area (Å²) in [6.45, 7) is 6.96. The number of rotatable bonds is 8. The minimum absolute atomic E-state index is 0.0667. The smallest absolute Gasteiger partial charge is 0.307 e. The van der Waals surface area contributed by atoms with Gasteiger partial charge >= 0.3 is 5.97 Å². The van der Waals surface area contributed by atoms with Gasteiger partial charge in [-0.15, -0.1) is 0 Å². The Morgan fingerprint density at radius 3 is 2.38 bits per heavy atom. The Morgan fingerprint density at radius 2 is 1.81 bits per heavy atom. The van der Waals surface area contributed by atoms with Crippen LogP contribution in [0.25, 0.3) is 0 Å². The van der Waals surface area contributed by atoms with E-state index in [1.54, 1.807) is 11.8 Å². The second-order valence-corrected chi connectivity index (χ2v) is 5.27. The van der Waals surface area contributed by atoms with Crippen molar-refractivity contribution in [2.24, 2.45) is 5.92 Å². The molecule has 4 heteroatoms. The molecule has 4 nitrogen and oxygen atoms in total. The molecule has 0 spiro atoms. The van der Waals surface area contributed by atoms with Crippen LogP contribution in [-0.4, -0.2) is 36.5 Å². The summed E-state index contributed by atoms with van der Waals surface area (Å²) in [5.74, 6) is -0.239. The Morgan fingerprint density at radius 1 is 1.14 bits per heavy atom. The largest absolute Gasteiger partial charge is 0.466 e. The molecule has 1 aromatic rings. The average Bonchev–Trinajstić information content (AvgIpc) is 2.48. The van der Waals surface area contributed by atoms with Crippen molar-refractivity contribution in [1.29, 1.82) is 0 Å². The van der Waals surface area contributed by atoms with Crippen LogP contribution in [0.1, 0.15) is 32.8 Å². The van der Waals surface area contributed by atoms with Gasteiger partial charge < -0.3 is 9.64 Å². The quantitative estimate of drug-likeness (QED) is 0.692. The highest BCUT2D eigenvalue weighted by Gasteiger charge is 2.18. The van der Waals surface area contributed by atoms with Crippen molar-refractivity contribution in [3.05, 3.63) is 35.9 Å². The Bertz CT molecular complexity index is 443. The molecule has 0 aliphatic heterocycles. The van der Waals surface area contributed by atoms with Gasteiger partial charge in [-0.3, -0.25) is 9.59 Å². The van der Waals surface area contributed by atoms with E-state index in [4.69, 9.17) is 4.74 Å². The van der Waals surface area contributed by atoms with Crippen LogP contribution in [0.3, 0.4) is 0 Å². The van der Waals surface area contributed by atoms with Gasteiger partial charge in [-0.2, -0.15) is 0 Å². The van der Waals surface area contributed by atoms with Gasteiger partial charge in [0, 0.05) is 19.0 Å². The van der Waals surface area contributed by atoms with Crippen molar-refractivity contribution >= 4 is 11.9 Å². The molecule has 0 aliphatic carbocycles. The van der Waals surface area contributed by atoms with Crippen LogP contribution in [0, 0.1) is 5.92 Å². The van der Waals surface area contributed by atoms with Crippen LogP contribution < -0.4 is 0 Å². The third-order valence-corrected chi connectivity index (χ3v) is 3.21. The normalized spacial score (nSPS) is 10.5. The van der Waals surface area contributed by atoms with Gasteiger partial charge in [0.1, 0.15) is 0 Å². The Balaban J connectivity index is 2.56. The molecule has 0 saturated heterocycles. The lowest BCUT2D eigenvalue weighted by Gasteiger charge is -2.24. The van der Waals surface area contributed by atoms with E-state index in [0.29, 0.717) is 19.7 Å². The van der Waals surface area contributed by atoms with Crippen LogP contribution in [-0.2, 0) is 20.7 Å². The van der Waals surface area contributed by atoms with Crippen LogP contribution in [0.5, 0.6) is 0 Å². The van der Waals surface area contributed by atoms with Crippen LogP contribution in [0.2, 0.25) is 0 Å². The first-order valence-electron chi connectivity index (χ1n) is 7.53. The number of carbonyl (C=O) groups excluding carboxylic acids is 2. The lowest BCUT2D eigenvalue weighted by atomic mass is 10.1. The minimum atomic E-state index is -0.251. The molecule has 0 saturated carbocycles. The molecule has 0 heterocycles. The van der Waals surface area contributed by atoms with Crippen molar-refractivity contribution in [3.8, 4) is 0 Å². The van der Waals surface area contributed by atoms with E-state index in [0.717, 1.165) is 6.42 Å². The van der Waals surface area contributed by atoms with E-state index in [1.165, 1.54) is 5.56 Å². The highest BCUT2D eigenvalue weighted by atomic mass is 16.5. The number of hydrogen-bond acceptors (Lipinski definition) is 3. The SMILES string of the molecule is CCOC(=O)CCN(CCc1ccccc1)C(=O)C(C)C. The molecular weight excluding hydrogens is 266 g/mol. The zero-order chi connectivity index (χ0) is 15.7. The van der Waals surface area contributed by atoms with E-state index >= 15 is 0 Å². The fourth-order valence-corrected chi connectivity index (χ4v) is 2.07. The molecule has 0 unspecified atom stereocenters. The van der Waals surface area contributed by atoms with E-state index in [2.05, 4.69) is 0 Å². The second-order valence-electron chi connectivity index (χ2n) is 5.27. The fourth-order valence-electron chi connectivity index (χ4n) is 2.07. The first kappa shape index (κ1) is 17.2. The van der Waals surface area contributed by atoms with Crippen LogP contribution in [0.4, 0.5) is 0 Å². The van der Waals surface area contributed by atoms with Crippen LogP contribution in [0.15, 0.2) is 30.3 Å². The monoisotopic (exact) mass is 291 g/mol. The molecule has 0 radical (unpaired) electrons. The molecule has 21 heavy (non-hydrogen) atoms. The predicted octanol–water partition coefficient (Wildman–Crippen LogP) is 2.67. The van der Waals surface area contributed by atoms with Crippen molar-refractivity contribution in [2.75, 3.05) is 19.7 Å². The fraction of sp³-hybridized carbons (Fsp3) is 0.529. The van der Waals surface area contributed by atoms with Gasteiger partial charge in [-0.05, 0) is 18.9 Å². The number of ether oxygens (including phenoxy) is 1. The molecule has 0 bridgehead atoms. The second kappa shape index (κ2) is 9.16. The third-order valence-electron chi connectivity index (χ3n) is 3.21. The highest BCUT2D eigenvalue weighted by Crippen LogP contribution is 2.07. The molecule has 0 fully saturated rings. The maximum atomic E-state index is 12.2. The molecule has 1 rings (SSSR count). The van der Waals surface area contributed by atoms with E-state index in [-0.39, 0.29) is 24.2 Å². The summed E-state index contributed by atoms with van der Waals surface area (Å²) in [4.78, 5) is 25.4. The van der Waals surface area contributed by atoms with Crippen molar-refractivity contribution in [1.82, 2.24) is 4.90 Å². The number of esters is 1. The first-order chi connectivity index (χ1) is 10.0. The van der Waals surface area contributed by atoms with E-state index in [9.17, 15) is 9.59 Å². The summed E-state index contributed by atoms with van der Waals surface area (Å²) in [6, 6.07) is 10.0. The maximum Gasteiger partial charge on any atom is 0.307 e. The standard InChI is InChI=1S/C17H25NO3/c1-4-21-16(19)11-13-18(17(20)14(2)3)12-10-15-8-6-5-7-9-15/h5-9,14H,4,10-13H2,1-3H3. The summed E-state index contributed by atoms with van der Waals surface area (Å²) in [6.07, 6.45) is 1.04. The van der Waals surface area contributed by atoms with Crippen LogP contribution >= 0.6 is 0 Å². The van der Waals surface area contributed by atoms with Crippen molar-refractivity contribution in [3.63, 3.8) is 0 Å². The van der Waals surface area contributed by atoms with Crippen molar-refractivity contribution < 1.29 is 14.3 Å². The lowest BCUT2D eigenvalue weighted by Crippen LogP contribution is -2.37. The highest BCUT2D eigenvalue weighted by molar-refractivity contribution is 5.79. The zero-order valence-electron chi connectivity index (χ0n) is 13.2. The first-order valence-corrected chi connectivity index (χ1v) is 7.53. The zero-order valence-corrected chi connectivity index (χ0v) is 13.2. The molecular formula is C17H25NO3. The van der Waals surface area contributed by atoms with E-state index in [1.807, 2.05) is 44.2 Å². The number of benzene rings is 1. The van der Waals surface area contributed by atoms with Gasteiger partial charge in [0.25, 0.3) is 0 Å². The summed E-state index contributed by atoms with van der Waals surface area (Å²) in [7, 11) is 0. The molecule has 1 amide bonds. The van der Waals surface area contributed by atoms with Crippen molar-refractivity contribution in [2.45, 2.75) is 33.6 Å². The molecule has 1 aromatic carbocycles. The van der Waals surface area contributed by atoms with Gasteiger partial charge in [-0.25, -0.2) is 0 Å². The Hall–Kier alpha value is -1.84. The van der Waals surface area contributed by atoms with Gasteiger partial charge in [-0.1, -0.05) is 44.2 Å². The topological polar surface area (TPSA) is 46.6 Å². The Labute approximate surface area is 127 Å². The minimum Gasteiger partial charge on any atom is -0.466 e. The molecule has 0 aliphatic rings. The maximum absolute atomic E-state index is 12.2. The molecule has 116 valence electrons. The predicted molar refractivity (Wildman–Crippen MR) is 82.8 cm³/mol. The summed E-state index contributed by atoms with van der Waals surface area (Å²) in [5, 5.41) is 0. The van der Waals surface area contributed by atoms with Gasteiger partial charge in [0.15, 0.2) is 0 Å². The Kier molecular flexibility index (Phi) is 7.51. The summed E-state index contributed by atoms with van der Waals surface area (Å²) in [5.41, 5.74) is 1.19. The average molecular weight is 291 g/mol.